The lowest BCUT2D eigenvalue weighted by Gasteiger charge is -2.36. The number of rotatable bonds is 3. The number of anilines is 2. The van der Waals surface area contributed by atoms with Crippen LogP contribution in [0.15, 0.2) is 36.0 Å². The Morgan fingerprint density at radius 1 is 1.07 bits per heavy atom. The van der Waals surface area contributed by atoms with E-state index < -0.39 is 17.7 Å². The van der Waals surface area contributed by atoms with Crippen LogP contribution in [0, 0.1) is 0 Å². The maximum Gasteiger partial charge on any atom is 0.350 e. The molecule has 144 valence electrons. The SMILES string of the molecule is CC(=O)N1CCN(c2ccccc2NC=C2C(=O)OC(C)(C)OC2=O)CC1. The number of amides is 1. The van der Waals surface area contributed by atoms with E-state index in [-0.39, 0.29) is 11.5 Å². The monoisotopic (exact) mass is 373 g/mol. The van der Waals surface area contributed by atoms with Crippen LogP contribution in [0.1, 0.15) is 20.8 Å². The van der Waals surface area contributed by atoms with E-state index in [1.807, 2.05) is 29.2 Å². The van der Waals surface area contributed by atoms with Gasteiger partial charge in [-0.2, -0.15) is 0 Å². The van der Waals surface area contributed by atoms with E-state index >= 15 is 0 Å². The lowest BCUT2D eigenvalue weighted by molar-refractivity contribution is -0.222. The van der Waals surface area contributed by atoms with Crippen molar-refractivity contribution in [1.29, 1.82) is 0 Å². The zero-order valence-corrected chi connectivity index (χ0v) is 15.7. The van der Waals surface area contributed by atoms with Gasteiger partial charge in [0.1, 0.15) is 0 Å². The normalized spacial score (nSPS) is 19.3. The molecule has 1 amide bonds. The third-order valence-corrected chi connectivity index (χ3v) is 4.46. The van der Waals surface area contributed by atoms with Crippen LogP contribution in [0.4, 0.5) is 11.4 Å². The number of hydrogen-bond acceptors (Lipinski definition) is 7. The highest BCUT2D eigenvalue weighted by Gasteiger charge is 2.39. The zero-order chi connectivity index (χ0) is 19.6. The summed E-state index contributed by atoms with van der Waals surface area (Å²) in [6.07, 6.45) is 1.31. The first kappa shape index (κ1) is 18.8. The zero-order valence-electron chi connectivity index (χ0n) is 15.7. The maximum atomic E-state index is 12.0. The quantitative estimate of drug-likeness (QED) is 0.488. The van der Waals surface area contributed by atoms with Crippen molar-refractivity contribution < 1.29 is 23.9 Å². The van der Waals surface area contributed by atoms with Gasteiger partial charge in [-0.05, 0) is 12.1 Å². The Kier molecular flexibility index (Phi) is 5.07. The van der Waals surface area contributed by atoms with Crippen molar-refractivity contribution in [1.82, 2.24) is 4.90 Å². The van der Waals surface area contributed by atoms with Crippen molar-refractivity contribution in [2.75, 3.05) is 36.4 Å². The average molecular weight is 373 g/mol. The molecular formula is C19H23N3O5. The van der Waals surface area contributed by atoms with E-state index in [9.17, 15) is 14.4 Å². The summed E-state index contributed by atoms with van der Waals surface area (Å²) in [4.78, 5) is 39.6. The molecule has 0 spiro atoms. The minimum absolute atomic E-state index is 0.0723. The number of esters is 2. The second kappa shape index (κ2) is 7.30. The standard InChI is InChI=1S/C19H23N3O5/c1-13(23)21-8-10-22(11-9-21)16-7-5-4-6-15(16)20-12-14-17(24)26-19(2,3)27-18(14)25/h4-7,12,20H,8-11H2,1-3H3. The van der Waals surface area contributed by atoms with Crippen LogP contribution in [-0.2, 0) is 23.9 Å². The number of carbonyl (C=O) groups excluding carboxylic acids is 3. The van der Waals surface area contributed by atoms with Gasteiger partial charge in [0, 0.05) is 53.2 Å². The van der Waals surface area contributed by atoms with E-state index in [4.69, 9.17) is 9.47 Å². The molecule has 0 unspecified atom stereocenters. The first-order chi connectivity index (χ1) is 12.8. The first-order valence-corrected chi connectivity index (χ1v) is 8.80. The van der Waals surface area contributed by atoms with Crippen molar-refractivity contribution >= 4 is 29.2 Å². The molecular weight excluding hydrogens is 350 g/mol. The number of hydrogen-bond donors (Lipinski definition) is 1. The van der Waals surface area contributed by atoms with Crippen LogP contribution >= 0.6 is 0 Å². The molecule has 2 aliphatic heterocycles. The Labute approximate surface area is 157 Å². The summed E-state index contributed by atoms with van der Waals surface area (Å²) >= 11 is 0. The van der Waals surface area contributed by atoms with Crippen LogP contribution in [0.5, 0.6) is 0 Å². The maximum absolute atomic E-state index is 12.0. The number of carbonyl (C=O) groups is 3. The lowest BCUT2D eigenvalue weighted by atomic mass is 10.2. The van der Waals surface area contributed by atoms with Gasteiger partial charge in [-0.1, -0.05) is 12.1 Å². The molecule has 0 radical (unpaired) electrons. The van der Waals surface area contributed by atoms with E-state index in [0.717, 1.165) is 11.4 Å². The van der Waals surface area contributed by atoms with Crippen molar-refractivity contribution in [3.63, 3.8) is 0 Å². The fourth-order valence-corrected chi connectivity index (χ4v) is 3.06. The molecule has 2 saturated heterocycles. The summed E-state index contributed by atoms with van der Waals surface area (Å²) in [7, 11) is 0. The summed E-state index contributed by atoms with van der Waals surface area (Å²) in [5.74, 6) is -2.64. The number of para-hydroxylation sites is 2. The number of nitrogens with zero attached hydrogens (tertiary/aromatic N) is 2. The van der Waals surface area contributed by atoms with Gasteiger partial charge in [-0.15, -0.1) is 0 Å². The van der Waals surface area contributed by atoms with Gasteiger partial charge in [-0.25, -0.2) is 9.59 Å². The Bertz CT molecular complexity index is 772. The van der Waals surface area contributed by atoms with Crippen LogP contribution in [0.3, 0.4) is 0 Å². The predicted octanol–water partition coefficient (Wildman–Crippen LogP) is 1.49. The molecule has 1 aromatic rings. The Morgan fingerprint density at radius 3 is 2.26 bits per heavy atom. The Hall–Kier alpha value is -3.03. The van der Waals surface area contributed by atoms with E-state index in [1.54, 1.807) is 6.92 Å². The second-order valence-electron chi connectivity index (χ2n) is 6.89. The van der Waals surface area contributed by atoms with Gasteiger partial charge < -0.3 is 24.6 Å². The molecule has 0 saturated carbocycles. The highest BCUT2D eigenvalue weighted by atomic mass is 16.7. The molecule has 0 aliphatic carbocycles. The van der Waals surface area contributed by atoms with Gasteiger partial charge in [0.2, 0.25) is 5.91 Å². The van der Waals surface area contributed by atoms with E-state index in [1.165, 1.54) is 20.0 Å². The lowest BCUT2D eigenvalue weighted by Crippen LogP contribution is -2.48. The first-order valence-electron chi connectivity index (χ1n) is 8.80. The van der Waals surface area contributed by atoms with Crippen molar-refractivity contribution in [2.45, 2.75) is 26.6 Å². The van der Waals surface area contributed by atoms with Crippen LogP contribution in [0.2, 0.25) is 0 Å². The second-order valence-corrected chi connectivity index (χ2v) is 6.89. The van der Waals surface area contributed by atoms with E-state index in [0.29, 0.717) is 26.2 Å². The van der Waals surface area contributed by atoms with Crippen molar-refractivity contribution in [2.24, 2.45) is 0 Å². The molecule has 1 N–H and O–H groups in total. The molecule has 3 rings (SSSR count). The number of piperazine rings is 1. The molecule has 2 fully saturated rings. The van der Waals surface area contributed by atoms with Gasteiger partial charge >= 0.3 is 11.9 Å². The number of nitrogens with one attached hydrogen (secondary N) is 1. The molecule has 8 nitrogen and oxygen atoms in total. The van der Waals surface area contributed by atoms with Crippen molar-refractivity contribution in [3.05, 3.63) is 36.0 Å². The van der Waals surface area contributed by atoms with Gasteiger partial charge in [-0.3, -0.25) is 4.79 Å². The van der Waals surface area contributed by atoms with Gasteiger partial charge in [0.05, 0.1) is 11.4 Å². The summed E-state index contributed by atoms with van der Waals surface area (Å²) in [6.45, 7) is 7.28. The molecule has 2 aliphatic rings. The molecule has 0 bridgehead atoms. The summed E-state index contributed by atoms with van der Waals surface area (Å²) < 4.78 is 10.2. The van der Waals surface area contributed by atoms with Crippen LogP contribution < -0.4 is 10.2 Å². The number of benzene rings is 1. The third kappa shape index (κ3) is 4.21. The van der Waals surface area contributed by atoms with Crippen LogP contribution in [-0.4, -0.2) is 54.7 Å². The minimum Gasteiger partial charge on any atom is -0.419 e. The number of ether oxygens (including phenoxy) is 2. The molecule has 0 aromatic heterocycles. The average Bonchev–Trinajstić information content (AvgIpc) is 2.60. The highest BCUT2D eigenvalue weighted by Crippen LogP contribution is 2.28. The van der Waals surface area contributed by atoms with Crippen LogP contribution in [0.25, 0.3) is 0 Å². The topological polar surface area (TPSA) is 88.2 Å². The molecule has 1 aromatic carbocycles. The Balaban J connectivity index is 1.75. The Morgan fingerprint density at radius 2 is 1.67 bits per heavy atom. The van der Waals surface area contributed by atoms with Gasteiger partial charge in [0.15, 0.2) is 5.57 Å². The van der Waals surface area contributed by atoms with Gasteiger partial charge in [0.25, 0.3) is 5.79 Å². The summed E-state index contributed by atoms with van der Waals surface area (Å²) in [6, 6.07) is 7.57. The summed E-state index contributed by atoms with van der Waals surface area (Å²) in [5, 5.41) is 3.02. The molecule has 8 heteroatoms. The highest BCUT2D eigenvalue weighted by molar-refractivity contribution is 6.15. The number of cyclic esters (lactones) is 2. The molecule has 2 heterocycles. The molecule has 0 atom stereocenters. The fraction of sp³-hybridized carbons (Fsp3) is 0.421. The third-order valence-electron chi connectivity index (χ3n) is 4.46. The van der Waals surface area contributed by atoms with Crippen molar-refractivity contribution in [3.8, 4) is 0 Å². The molecule has 27 heavy (non-hydrogen) atoms. The fourth-order valence-electron chi connectivity index (χ4n) is 3.06. The smallest absolute Gasteiger partial charge is 0.350 e. The predicted molar refractivity (Wildman–Crippen MR) is 98.9 cm³/mol. The largest absolute Gasteiger partial charge is 0.419 e. The minimum atomic E-state index is -1.26. The van der Waals surface area contributed by atoms with E-state index in [2.05, 4.69) is 10.2 Å². The summed E-state index contributed by atoms with van der Waals surface area (Å²) in [5.41, 5.74) is 1.48.